The molecule has 1 aliphatic rings. The average molecular weight is 297 g/mol. The summed E-state index contributed by atoms with van der Waals surface area (Å²) >= 11 is 5.95. The number of carbonyl (C=O) groups excluding carboxylic acids is 1. The molecule has 2 rings (SSSR count). The molecule has 2 heterocycles. The van der Waals surface area contributed by atoms with E-state index in [-0.39, 0.29) is 5.91 Å². The Labute approximate surface area is 124 Å². The van der Waals surface area contributed by atoms with Crippen molar-refractivity contribution in [3.05, 3.63) is 22.8 Å². The number of piperazine rings is 1. The zero-order chi connectivity index (χ0) is 14.7. The van der Waals surface area contributed by atoms with E-state index in [1.54, 1.807) is 19.2 Å². The minimum absolute atomic E-state index is 0.0224. The molecule has 1 N–H and O–H groups in total. The van der Waals surface area contributed by atoms with E-state index >= 15 is 0 Å². The van der Waals surface area contributed by atoms with Crippen LogP contribution in [0.3, 0.4) is 0 Å². The van der Waals surface area contributed by atoms with Crippen molar-refractivity contribution in [2.75, 3.05) is 38.5 Å². The summed E-state index contributed by atoms with van der Waals surface area (Å²) < 4.78 is 0. The van der Waals surface area contributed by atoms with Crippen LogP contribution in [-0.2, 0) is 0 Å². The lowest BCUT2D eigenvalue weighted by molar-refractivity contribution is 0.0595. The largest absolute Gasteiger partial charge is 0.373 e. The van der Waals surface area contributed by atoms with E-state index < -0.39 is 0 Å². The number of hydrogen-bond donors (Lipinski definition) is 1. The highest BCUT2D eigenvalue weighted by atomic mass is 35.5. The van der Waals surface area contributed by atoms with Crippen molar-refractivity contribution in [3.8, 4) is 0 Å². The quantitative estimate of drug-likeness (QED) is 0.866. The first-order valence-corrected chi connectivity index (χ1v) is 7.27. The lowest BCUT2D eigenvalue weighted by atomic mass is 10.2. The number of carbonyl (C=O) groups is 1. The number of aromatic nitrogens is 1. The zero-order valence-electron chi connectivity index (χ0n) is 12.2. The van der Waals surface area contributed by atoms with Crippen molar-refractivity contribution in [2.45, 2.75) is 19.9 Å². The number of hydrogen-bond acceptors (Lipinski definition) is 4. The Morgan fingerprint density at radius 3 is 2.50 bits per heavy atom. The van der Waals surface area contributed by atoms with Gasteiger partial charge >= 0.3 is 0 Å². The van der Waals surface area contributed by atoms with Crippen molar-refractivity contribution in [1.29, 1.82) is 0 Å². The maximum atomic E-state index is 12.5. The van der Waals surface area contributed by atoms with Gasteiger partial charge < -0.3 is 10.2 Å². The van der Waals surface area contributed by atoms with Gasteiger partial charge in [-0.05, 0) is 26.0 Å². The monoisotopic (exact) mass is 296 g/mol. The number of nitrogens with one attached hydrogen (secondary N) is 1. The molecule has 0 atom stereocenters. The standard InChI is InChI=1S/C14H21ClN4O/c1-10(2)18-4-6-19(7-5-18)14(20)11-8-12(15)17-13(9-11)16-3/h8-10H,4-7H2,1-3H3,(H,16,17). The van der Waals surface area contributed by atoms with Crippen LogP contribution in [0, 0.1) is 0 Å². The van der Waals surface area contributed by atoms with Gasteiger partial charge in [-0.1, -0.05) is 11.6 Å². The molecule has 0 aromatic carbocycles. The molecule has 1 aromatic rings. The number of anilines is 1. The van der Waals surface area contributed by atoms with Gasteiger partial charge in [0.1, 0.15) is 11.0 Å². The van der Waals surface area contributed by atoms with Crippen LogP contribution < -0.4 is 5.32 Å². The fourth-order valence-corrected chi connectivity index (χ4v) is 2.58. The summed E-state index contributed by atoms with van der Waals surface area (Å²) in [6, 6.07) is 3.89. The first kappa shape index (κ1) is 15.1. The number of pyridine rings is 1. The molecule has 1 saturated heterocycles. The molecule has 0 unspecified atom stereocenters. The number of nitrogens with zero attached hydrogens (tertiary/aromatic N) is 3. The summed E-state index contributed by atoms with van der Waals surface area (Å²) in [7, 11) is 1.76. The lowest BCUT2D eigenvalue weighted by Gasteiger charge is -2.37. The van der Waals surface area contributed by atoms with Crippen LogP contribution in [-0.4, -0.2) is 60.0 Å². The molecule has 1 aliphatic heterocycles. The van der Waals surface area contributed by atoms with Crippen LogP contribution in [0.15, 0.2) is 12.1 Å². The third kappa shape index (κ3) is 3.41. The second-order valence-electron chi connectivity index (χ2n) is 5.24. The van der Waals surface area contributed by atoms with E-state index in [1.165, 1.54) is 0 Å². The van der Waals surface area contributed by atoms with Crippen LogP contribution in [0.1, 0.15) is 24.2 Å². The Morgan fingerprint density at radius 1 is 1.30 bits per heavy atom. The summed E-state index contributed by atoms with van der Waals surface area (Å²) in [4.78, 5) is 20.8. The van der Waals surface area contributed by atoms with Crippen molar-refractivity contribution in [1.82, 2.24) is 14.8 Å². The first-order valence-electron chi connectivity index (χ1n) is 6.90. The van der Waals surface area contributed by atoms with Gasteiger partial charge in [0.15, 0.2) is 0 Å². The molecule has 0 saturated carbocycles. The van der Waals surface area contributed by atoms with Crippen LogP contribution >= 0.6 is 11.6 Å². The van der Waals surface area contributed by atoms with Crippen LogP contribution in [0.2, 0.25) is 5.15 Å². The van der Waals surface area contributed by atoms with E-state index in [0.29, 0.717) is 22.6 Å². The highest BCUT2D eigenvalue weighted by molar-refractivity contribution is 6.29. The molecule has 1 fully saturated rings. The van der Waals surface area contributed by atoms with Gasteiger partial charge in [0.25, 0.3) is 5.91 Å². The minimum Gasteiger partial charge on any atom is -0.373 e. The molecule has 0 spiro atoms. The van der Waals surface area contributed by atoms with E-state index in [1.807, 2.05) is 4.90 Å². The number of amides is 1. The smallest absolute Gasteiger partial charge is 0.254 e. The van der Waals surface area contributed by atoms with Crippen LogP contribution in [0.5, 0.6) is 0 Å². The van der Waals surface area contributed by atoms with Gasteiger partial charge in [0, 0.05) is 44.8 Å². The van der Waals surface area contributed by atoms with Crippen LogP contribution in [0.25, 0.3) is 0 Å². The molecule has 20 heavy (non-hydrogen) atoms. The molecular formula is C14H21ClN4O. The molecule has 6 heteroatoms. The molecule has 0 radical (unpaired) electrons. The van der Waals surface area contributed by atoms with Crippen LogP contribution in [0.4, 0.5) is 5.82 Å². The molecule has 1 amide bonds. The Kier molecular flexibility index (Phi) is 4.83. The van der Waals surface area contributed by atoms with Gasteiger partial charge in [0.05, 0.1) is 0 Å². The third-order valence-electron chi connectivity index (χ3n) is 3.63. The fourth-order valence-electron chi connectivity index (χ4n) is 2.37. The summed E-state index contributed by atoms with van der Waals surface area (Å²) in [6.07, 6.45) is 0. The van der Waals surface area contributed by atoms with Crippen molar-refractivity contribution in [2.24, 2.45) is 0 Å². The van der Waals surface area contributed by atoms with E-state index in [4.69, 9.17) is 11.6 Å². The second-order valence-corrected chi connectivity index (χ2v) is 5.62. The summed E-state index contributed by atoms with van der Waals surface area (Å²) in [5, 5.41) is 3.25. The van der Waals surface area contributed by atoms with Gasteiger partial charge in [-0.25, -0.2) is 4.98 Å². The molecule has 110 valence electrons. The minimum atomic E-state index is 0.0224. The Bertz CT molecular complexity index is 484. The predicted molar refractivity (Wildman–Crippen MR) is 81.4 cm³/mol. The second kappa shape index (κ2) is 6.41. The molecule has 5 nitrogen and oxygen atoms in total. The lowest BCUT2D eigenvalue weighted by Crippen LogP contribution is -2.50. The van der Waals surface area contributed by atoms with E-state index in [0.717, 1.165) is 26.2 Å². The third-order valence-corrected chi connectivity index (χ3v) is 3.82. The Hall–Kier alpha value is -1.33. The van der Waals surface area contributed by atoms with Crippen molar-refractivity contribution < 1.29 is 4.79 Å². The zero-order valence-corrected chi connectivity index (χ0v) is 12.9. The summed E-state index contributed by atoms with van der Waals surface area (Å²) in [5.41, 5.74) is 0.590. The summed E-state index contributed by atoms with van der Waals surface area (Å²) in [6.45, 7) is 7.71. The summed E-state index contributed by atoms with van der Waals surface area (Å²) in [5.74, 6) is 0.635. The SMILES string of the molecule is CNc1cc(C(=O)N2CCN(C(C)C)CC2)cc(Cl)n1. The molecule has 1 aromatic heterocycles. The van der Waals surface area contributed by atoms with Gasteiger partial charge in [-0.2, -0.15) is 0 Å². The van der Waals surface area contributed by atoms with Gasteiger partial charge in [0.2, 0.25) is 0 Å². The number of halogens is 1. The maximum Gasteiger partial charge on any atom is 0.254 e. The predicted octanol–water partition coefficient (Wildman–Crippen LogP) is 1.94. The van der Waals surface area contributed by atoms with E-state index in [2.05, 4.69) is 29.0 Å². The Morgan fingerprint density at radius 2 is 1.95 bits per heavy atom. The molecular weight excluding hydrogens is 276 g/mol. The van der Waals surface area contributed by atoms with Crippen molar-refractivity contribution in [3.63, 3.8) is 0 Å². The fraction of sp³-hybridized carbons (Fsp3) is 0.571. The van der Waals surface area contributed by atoms with Gasteiger partial charge in [-0.15, -0.1) is 0 Å². The average Bonchev–Trinajstić information content (AvgIpc) is 2.45. The highest BCUT2D eigenvalue weighted by Crippen LogP contribution is 2.17. The first-order chi connectivity index (χ1) is 9.51. The topological polar surface area (TPSA) is 48.5 Å². The molecule has 0 bridgehead atoms. The normalized spacial score (nSPS) is 16.6. The number of rotatable bonds is 3. The van der Waals surface area contributed by atoms with E-state index in [9.17, 15) is 4.79 Å². The van der Waals surface area contributed by atoms with Crippen molar-refractivity contribution >= 4 is 23.3 Å². The molecule has 0 aliphatic carbocycles. The van der Waals surface area contributed by atoms with Gasteiger partial charge in [-0.3, -0.25) is 9.69 Å². The Balaban J connectivity index is 2.07. The highest BCUT2D eigenvalue weighted by Gasteiger charge is 2.23. The maximum absolute atomic E-state index is 12.5.